The second kappa shape index (κ2) is 6.83. The fourth-order valence-corrected chi connectivity index (χ4v) is 3.11. The molecule has 1 aliphatic heterocycles. The Labute approximate surface area is 138 Å². The van der Waals surface area contributed by atoms with Crippen molar-refractivity contribution in [2.45, 2.75) is 12.8 Å². The van der Waals surface area contributed by atoms with Gasteiger partial charge in [-0.15, -0.1) is 11.3 Å². The number of nitrogens with one attached hydrogen (secondary N) is 1. The highest BCUT2D eigenvalue weighted by Crippen LogP contribution is 2.31. The number of ether oxygens (including phenoxy) is 1. The lowest BCUT2D eigenvalue weighted by atomic mass is 10.1. The van der Waals surface area contributed by atoms with Crippen molar-refractivity contribution < 1.29 is 14.3 Å². The van der Waals surface area contributed by atoms with Crippen LogP contribution in [0.5, 0.6) is 5.75 Å². The molecule has 2 aromatic rings. The SMILES string of the molecule is CN1C(=O)CCOc2ccc(CCNC(=O)c3cccs3)cc21. The molecule has 1 aromatic carbocycles. The van der Waals surface area contributed by atoms with Crippen LogP contribution in [-0.2, 0) is 11.2 Å². The molecule has 23 heavy (non-hydrogen) atoms. The van der Waals surface area contributed by atoms with Gasteiger partial charge in [-0.3, -0.25) is 9.59 Å². The molecule has 0 spiro atoms. The van der Waals surface area contributed by atoms with Crippen LogP contribution >= 0.6 is 11.3 Å². The van der Waals surface area contributed by atoms with Crippen molar-refractivity contribution in [3.63, 3.8) is 0 Å². The minimum absolute atomic E-state index is 0.0481. The first-order valence-corrected chi connectivity index (χ1v) is 8.37. The topological polar surface area (TPSA) is 58.6 Å². The molecule has 0 atom stereocenters. The lowest BCUT2D eigenvalue weighted by molar-refractivity contribution is -0.118. The molecule has 0 saturated heterocycles. The van der Waals surface area contributed by atoms with Gasteiger partial charge in [0.25, 0.3) is 5.91 Å². The van der Waals surface area contributed by atoms with Crippen LogP contribution in [0.2, 0.25) is 0 Å². The van der Waals surface area contributed by atoms with E-state index in [1.165, 1.54) is 11.3 Å². The molecule has 0 aliphatic carbocycles. The first-order chi connectivity index (χ1) is 11.1. The maximum Gasteiger partial charge on any atom is 0.261 e. The van der Waals surface area contributed by atoms with Crippen LogP contribution in [0.3, 0.4) is 0 Å². The third-order valence-electron chi connectivity index (χ3n) is 3.78. The number of amides is 2. The Bertz CT molecular complexity index is 713. The summed E-state index contributed by atoms with van der Waals surface area (Å²) in [5.41, 5.74) is 1.84. The molecule has 3 rings (SSSR count). The zero-order chi connectivity index (χ0) is 16.2. The molecule has 1 aromatic heterocycles. The molecule has 2 amide bonds. The Morgan fingerprint density at radius 2 is 2.26 bits per heavy atom. The Morgan fingerprint density at radius 3 is 3.04 bits per heavy atom. The summed E-state index contributed by atoms with van der Waals surface area (Å²) < 4.78 is 5.61. The third kappa shape index (κ3) is 3.53. The van der Waals surface area contributed by atoms with Crippen LogP contribution in [0.15, 0.2) is 35.7 Å². The average molecular weight is 330 g/mol. The van der Waals surface area contributed by atoms with Crippen LogP contribution < -0.4 is 15.0 Å². The summed E-state index contributed by atoms with van der Waals surface area (Å²) >= 11 is 1.43. The second-order valence-electron chi connectivity index (χ2n) is 5.34. The van der Waals surface area contributed by atoms with Crippen molar-refractivity contribution in [1.29, 1.82) is 0 Å². The van der Waals surface area contributed by atoms with Crippen molar-refractivity contribution in [2.24, 2.45) is 0 Å². The molecule has 0 radical (unpaired) electrons. The van der Waals surface area contributed by atoms with Crippen molar-refractivity contribution in [1.82, 2.24) is 5.32 Å². The molecular formula is C17H18N2O3S. The number of hydrogen-bond acceptors (Lipinski definition) is 4. The molecule has 0 unspecified atom stereocenters. The van der Waals surface area contributed by atoms with Gasteiger partial charge >= 0.3 is 0 Å². The summed E-state index contributed by atoms with van der Waals surface area (Å²) in [6.07, 6.45) is 1.09. The molecule has 0 fully saturated rings. The van der Waals surface area contributed by atoms with Gasteiger partial charge in [0.1, 0.15) is 5.75 Å². The van der Waals surface area contributed by atoms with Crippen LogP contribution in [0.25, 0.3) is 0 Å². The van der Waals surface area contributed by atoms with E-state index in [4.69, 9.17) is 4.74 Å². The zero-order valence-electron chi connectivity index (χ0n) is 12.9. The predicted octanol–water partition coefficient (Wildman–Crippen LogP) is 2.47. The quantitative estimate of drug-likeness (QED) is 0.937. The predicted molar refractivity (Wildman–Crippen MR) is 90.3 cm³/mol. The smallest absolute Gasteiger partial charge is 0.261 e. The van der Waals surface area contributed by atoms with Gasteiger partial charge in [-0.2, -0.15) is 0 Å². The lowest BCUT2D eigenvalue weighted by Gasteiger charge is -2.17. The van der Waals surface area contributed by atoms with Crippen LogP contribution in [0, 0.1) is 0 Å². The Balaban J connectivity index is 1.64. The van der Waals surface area contributed by atoms with Gasteiger partial charge in [-0.1, -0.05) is 12.1 Å². The van der Waals surface area contributed by atoms with E-state index >= 15 is 0 Å². The summed E-state index contributed by atoms with van der Waals surface area (Å²) in [5, 5.41) is 4.79. The van der Waals surface area contributed by atoms with Gasteiger partial charge in [0.15, 0.2) is 0 Å². The highest BCUT2D eigenvalue weighted by molar-refractivity contribution is 7.12. The summed E-state index contributed by atoms with van der Waals surface area (Å²) in [6, 6.07) is 9.48. The molecule has 1 aliphatic rings. The van der Waals surface area contributed by atoms with E-state index in [9.17, 15) is 9.59 Å². The largest absolute Gasteiger partial charge is 0.491 e. The zero-order valence-corrected chi connectivity index (χ0v) is 13.7. The van der Waals surface area contributed by atoms with Crippen molar-refractivity contribution in [2.75, 3.05) is 25.1 Å². The summed E-state index contributed by atoms with van der Waals surface area (Å²) in [7, 11) is 1.76. The number of benzene rings is 1. The van der Waals surface area contributed by atoms with Crippen molar-refractivity contribution in [3.8, 4) is 5.75 Å². The van der Waals surface area contributed by atoms with E-state index in [1.807, 2.05) is 29.6 Å². The number of thiophene rings is 1. The summed E-state index contributed by atoms with van der Waals surface area (Å²) in [6.45, 7) is 0.959. The van der Waals surface area contributed by atoms with Crippen LogP contribution in [0.4, 0.5) is 5.69 Å². The standard InChI is InChI=1S/C17H18N2O3S/c1-19-13-11-12(4-5-14(13)22-9-7-16(19)20)6-8-18-17(21)15-3-2-10-23-15/h2-5,10-11H,6-9H2,1H3,(H,18,21). The number of hydrogen-bond donors (Lipinski definition) is 1. The molecule has 5 nitrogen and oxygen atoms in total. The third-order valence-corrected chi connectivity index (χ3v) is 4.65. The minimum atomic E-state index is -0.0506. The van der Waals surface area contributed by atoms with Gasteiger partial charge < -0.3 is 15.0 Å². The summed E-state index contributed by atoms with van der Waals surface area (Å²) in [5.74, 6) is 0.724. The molecule has 2 heterocycles. The number of fused-ring (bicyclic) bond motifs is 1. The van der Waals surface area contributed by atoms with E-state index in [-0.39, 0.29) is 11.8 Å². The van der Waals surface area contributed by atoms with Gasteiger partial charge in [-0.25, -0.2) is 0 Å². The van der Waals surface area contributed by atoms with Crippen LogP contribution in [-0.4, -0.2) is 32.0 Å². The van der Waals surface area contributed by atoms with E-state index in [1.54, 1.807) is 18.0 Å². The highest BCUT2D eigenvalue weighted by Gasteiger charge is 2.20. The molecular weight excluding hydrogens is 312 g/mol. The summed E-state index contributed by atoms with van der Waals surface area (Å²) in [4.78, 5) is 26.2. The number of nitrogens with zero attached hydrogens (tertiary/aromatic N) is 1. The van der Waals surface area contributed by atoms with Gasteiger partial charge in [0.05, 0.1) is 23.6 Å². The van der Waals surface area contributed by atoms with Crippen molar-refractivity contribution >= 4 is 28.8 Å². The van der Waals surface area contributed by atoms with E-state index in [2.05, 4.69) is 5.32 Å². The Hall–Kier alpha value is -2.34. The number of anilines is 1. The number of carbonyl (C=O) groups is 2. The van der Waals surface area contributed by atoms with E-state index < -0.39 is 0 Å². The number of carbonyl (C=O) groups excluding carboxylic acids is 2. The Morgan fingerprint density at radius 1 is 1.39 bits per heavy atom. The molecule has 1 N–H and O–H groups in total. The second-order valence-corrected chi connectivity index (χ2v) is 6.28. The van der Waals surface area contributed by atoms with Gasteiger partial charge in [0.2, 0.25) is 5.91 Å². The Kier molecular flexibility index (Phi) is 4.62. The van der Waals surface area contributed by atoms with Gasteiger partial charge in [-0.05, 0) is 35.6 Å². The normalized spacial score (nSPS) is 14.0. The van der Waals surface area contributed by atoms with Gasteiger partial charge in [0, 0.05) is 13.6 Å². The number of rotatable bonds is 4. The minimum Gasteiger partial charge on any atom is -0.491 e. The fourth-order valence-electron chi connectivity index (χ4n) is 2.47. The molecule has 6 heteroatoms. The van der Waals surface area contributed by atoms with Crippen LogP contribution in [0.1, 0.15) is 21.7 Å². The monoisotopic (exact) mass is 330 g/mol. The highest BCUT2D eigenvalue weighted by atomic mass is 32.1. The van der Waals surface area contributed by atoms with Crippen molar-refractivity contribution in [3.05, 3.63) is 46.2 Å². The lowest BCUT2D eigenvalue weighted by Crippen LogP contribution is -2.26. The first kappa shape index (κ1) is 15.6. The average Bonchev–Trinajstić information content (AvgIpc) is 3.05. The molecule has 0 bridgehead atoms. The fraction of sp³-hybridized carbons (Fsp3) is 0.294. The molecule has 120 valence electrons. The van der Waals surface area contributed by atoms with E-state index in [0.29, 0.717) is 30.9 Å². The maximum absolute atomic E-state index is 11.9. The molecule has 0 saturated carbocycles. The van der Waals surface area contributed by atoms with E-state index in [0.717, 1.165) is 17.0 Å². The maximum atomic E-state index is 11.9. The first-order valence-electron chi connectivity index (χ1n) is 7.49.